The van der Waals surface area contributed by atoms with Crippen LogP contribution in [-0.4, -0.2) is 36.2 Å². The van der Waals surface area contributed by atoms with Gasteiger partial charge in [-0.15, -0.1) is 0 Å². The molecule has 2 aromatic carbocycles. The van der Waals surface area contributed by atoms with Gasteiger partial charge in [-0.05, 0) is 56.2 Å². The maximum Gasteiger partial charge on any atom is 0.322 e. The number of carbonyl (C=O) groups is 3. The van der Waals surface area contributed by atoms with Crippen LogP contribution in [0.25, 0.3) is 0 Å². The van der Waals surface area contributed by atoms with Crippen LogP contribution in [0.5, 0.6) is 0 Å². The summed E-state index contributed by atoms with van der Waals surface area (Å²) in [6, 6.07) is 12.0. The van der Waals surface area contributed by atoms with E-state index in [1.165, 1.54) is 11.8 Å². The number of urea groups is 1. The first-order valence-corrected chi connectivity index (χ1v) is 8.27. The number of nitrogens with one attached hydrogen (secondary N) is 2. The average Bonchev–Trinajstić information content (AvgIpc) is 2.58. The number of rotatable bonds is 5. The number of likely N-dealkylation sites (N-methyl/N-ethyl adjacent to an activating group) is 1. The van der Waals surface area contributed by atoms with Crippen LogP contribution >= 0.6 is 0 Å². The molecule has 0 atom stereocenters. The molecule has 0 aliphatic carbocycles. The Labute approximate surface area is 153 Å². The maximum absolute atomic E-state index is 12.2. The molecule has 2 rings (SSSR count). The van der Waals surface area contributed by atoms with Crippen molar-refractivity contribution in [3.63, 3.8) is 0 Å². The summed E-state index contributed by atoms with van der Waals surface area (Å²) < 4.78 is 0. The largest absolute Gasteiger partial charge is 0.324 e. The zero-order valence-electron chi connectivity index (χ0n) is 15.4. The molecule has 6 nitrogen and oxygen atoms in total. The van der Waals surface area contributed by atoms with Crippen molar-refractivity contribution >= 4 is 29.1 Å². The minimum atomic E-state index is -0.405. The van der Waals surface area contributed by atoms with Gasteiger partial charge in [0.1, 0.15) is 6.54 Å². The van der Waals surface area contributed by atoms with Gasteiger partial charge >= 0.3 is 6.03 Å². The maximum atomic E-state index is 12.2. The lowest BCUT2D eigenvalue weighted by Gasteiger charge is -2.19. The molecule has 26 heavy (non-hydrogen) atoms. The van der Waals surface area contributed by atoms with Crippen LogP contribution in [-0.2, 0) is 4.79 Å². The van der Waals surface area contributed by atoms with E-state index in [4.69, 9.17) is 0 Å². The number of amides is 3. The number of nitrogens with zero attached hydrogens (tertiary/aromatic N) is 1. The van der Waals surface area contributed by atoms with Crippen molar-refractivity contribution in [2.45, 2.75) is 20.8 Å². The van der Waals surface area contributed by atoms with Crippen LogP contribution in [0.4, 0.5) is 16.2 Å². The van der Waals surface area contributed by atoms with E-state index in [0.29, 0.717) is 11.3 Å². The molecule has 0 radical (unpaired) electrons. The number of hydrogen-bond donors (Lipinski definition) is 2. The van der Waals surface area contributed by atoms with E-state index in [1.54, 1.807) is 31.3 Å². The predicted octanol–water partition coefficient (Wildman–Crippen LogP) is 3.61. The van der Waals surface area contributed by atoms with Gasteiger partial charge in [0, 0.05) is 24.0 Å². The van der Waals surface area contributed by atoms with Gasteiger partial charge < -0.3 is 15.5 Å². The second kappa shape index (κ2) is 8.29. The van der Waals surface area contributed by atoms with Gasteiger partial charge in [-0.25, -0.2) is 4.79 Å². The quantitative estimate of drug-likeness (QED) is 0.806. The molecular formula is C20H23N3O3. The summed E-state index contributed by atoms with van der Waals surface area (Å²) in [7, 11) is 1.55. The molecule has 0 spiro atoms. The van der Waals surface area contributed by atoms with Gasteiger partial charge in [0.25, 0.3) is 0 Å². The molecule has 0 saturated carbocycles. The van der Waals surface area contributed by atoms with E-state index in [0.717, 1.165) is 16.8 Å². The topological polar surface area (TPSA) is 78.5 Å². The molecule has 6 heteroatoms. The molecule has 0 heterocycles. The summed E-state index contributed by atoms with van der Waals surface area (Å²) in [5.74, 6) is -0.310. The van der Waals surface area contributed by atoms with E-state index in [-0.39, 0.29) is 18.2 Å². The van der Waals surface area contributed by atoms with Crippen molar-refractivity contribution in [2.75, 3.05) is 24.2 Å². The number of ketones is 1. The number of hydrogen-bond acceptors (Lipinski definition) is 3. The summed E-state index contributed by atoms with van der Waals surface area (Å²) in [6.07, 6.45) is 0. The summed E-state index contributed by atoms with van der Waals surface area (Å²) in [5, 5.41) is 5.55. The molecule has 0 aromatic heterocycles. The second-order valence-electron chi connectivity index (χ2n) is 6.23. The van der Waals surface area contributed by atoms with Crippen molar-refractivity contribution in [1.29, 1.82) is 0 Å². The molecule has 136 valence electrons. The Bertz CT molecular complexity index is 808. The van der Waals surface area contributed by atoms with Crippen LogP contribution < -0.4 is 10.6 Å². The monoisotopic (exact) mass is 353 g/mol. The lowest BCUT2D eigenvalue weighted by atomic mass is 10.1. The number of benzene rings is 2. The van der Waals surface area contributed by atoms with E-state index < -0.39 is 6.03 Å². The van der Waals surface area contributed by atoms with Crippen molar-refractivity contribution in [3.8, 4) is 0 Å². The Morgan fingerprint density at radius 3 is 2.04 bits per heavy atom. The molecule has 0 unspecified atom stereocenters. The van der Waals surface area contributed by atoms with Crippen LogP contribution in [0.3, 0.4) is 0 Å². The molecule has 0 bridgehead atoms. The average molecular weight is 353 g/mol. The van der Waals surface area contributed by atoms with Gasteiger partial charge in [0.05, 0.1) is 0 Å². The minimum Gasteiger partial charge on any atom is -0.324 e. The third-order valence-corrected chi connectivity index (χ3v) is 4.02. The predicted molar refractivity (Wildman–Crippen MR) is 103 cm³/mol. The fourth-order valence-electron chi connectivity index (χ4n) is 2.48. The molecule has 0 aliphatic heterocycles. The number of para-hydroxylation sites is 1. The summed E-state index contributed by atoms with van der Waals surface area (Å²) in [4.78, 5) is 37.0. The smallest absolute Gasteiger partial charge is 0.322 e. The SMILES string of the molecule is CC(=O)c1ccc(NC(=O)N(C)CC(=O)Nc2c(C)cccc2C)cc1. The molecule has 0 aliphatic rings. The highest BCUT2D eigenvalue weighted by Crippen LogP contribution is 2.19. The zero-order chi connectivity index (χ0) is 19.3. The molecule has 0 saturated heterocycles. The van der Waals surface area contributed by atoms with Crippen molar-refractivity contribution in [2.24, 2.45) is 0 Å². The van der Waals surface area contributed by atoms with Crippen LogP contribution in [0.1, 0.15) is 28.4 Å². The molecule has 2 N–H and O–H groups in total. The van der Waals surface area contributed by atoms with E-state index in [1.807, 2.05) is 32.0 Å². The second-order valence-corrected chi connectivity index (χ2v) is 6.23. The van der Waals surface area contributed by atoms with Crippen LogP contribution in [0.2, 0.25) is 0 Å². The first kappa shape index (κ1) is 19.2. The Morgan fingerprint density at radius 2 is 1.50 bits per heavy atom. The highest BCUT2D eigenvalue weighted by atomic mass is 16.2. The number of anilines is 2. The third kappa shape index (κ3) is 4.92. The number of aryl methyl sites for hydroxylation is 2. The van der Waals surface area contributed by atoms with Gasteiger partial charge in [-0.2, -0.15) is 0 Å². The Kier molecular flexibility index (Phi) is 6.11. The van der Waals surface area contributed by atoms with Gasteiger partial charge in [0.2, 0.25) is 5.91 Å². The van der Waals surface area contributed by atoms with Crippen LogP contribution in [0, 0.1) is 13.8 Å². The molecule has 0 fully saturated rings. The fraction of sp³-hybridized carbons (Fsp3) is 0.250. The number of Topliss-reactive ketones (excluding diaryl/α,β-unsaturated/α-hetero) is 1. The number of carbonyl (C=O) groups excluding carboxylic acids is 3. The van der Waals surface area contributed by atoms with Gasteiger partial charge in [-0.3, -0.25) is 9.59 Å². The van der Waals surface area contributed by atoms with Crippen molar-refractivity contribution in [1.82, 2.24) is 4.90 Å². The summed E-state index contributed by atoms with van der Waals surface area (Å²) in [5.41, 5.74) is 3.84. The van der Waals surface area contributed by atoms with Gasteiger partial charge in [-0.1, -0.05) is 18.2 Å². The van der Waals surface area contributed by atoms with Crippen LogP contribution in [0.15, 0.2) is 42.5 Å². The molecule has 3 amide bonds. The standard InChI is InChI=1S/C20H23N3O3/c1-13-6-5-7-14(2)19(13)22-18(25)12-23(4)20(26)21-17-10-8-16(9-11-17)15(3)24/h5-11H,12H2,1-4H3,(H,21,26)(H,22,25). The van der Waals surface area contributed by atoms with Crippen molar-refractivity contribution in [3.05, 3.63) is 59.2 Å². The van der Waals surface area contributed by atoms with E-state index in [9.17, 15) is 14.4 Å². The lowest BCUT2D eigenvalue weighted by molar-refractivity contribution is -0.116. The molecular weight excluding hydrogens is 330 g/mol. The highest BCUT2D eigenvalue weighted by Gasteiger charge is 2.14. The first-order valence-electron chi connectivity index (χ1n) is 8.27. The fourth-order valence-corrected chi connectivity index (χ4v) is 2.48. The van der Waals surface area contributed by atoms with E-state index in [2.05, 4.69) is 10.6 Å². The summed E-state index contributed by atoms with van der Waals surface area (Å²) >= 11 is 0. The highest BCUT2D eigenvalue weighted by molar-refractivity contribution is 5.98. The zero-order valence-corrected chi connectivity index (χ0v) is 15.4. The Hall–Kier alpha value is -3.15. The lowest BCUT2D eigenvalue weighted by Crippen LogP contribution is -2.37. The first-order chi connectivity index (χ1) is 12.3. The Morgan fingerprint density at radius 1 is 0.923 bits per heavy atom. The van der Waals surface area contributed by atoms with E-state index >= 15 is 0 Å². The summed E-state index contributed by atoms with van der Waals surface area (Å²) in [6.45, 7) is 5.24. The Balaban J connectivity index is 1.93. The molecule has 2 aromatic rings. The van der Waals surface area contributed by atoms with Gasteiger partial charge in [0.15, 0.2) is 5.78 Å². The van der Waals surface area contributed by atoms with Crippen molar-refractivity contribution < 1.29 is 14.4 Å². The minimum absolute atomic E-state index is 0.0387. The third-order valence-electron chi connectivity index (χ3n) is 4.02. The normalized spacial score (nSPS) is 10.2.